The van der Waals surface area contributed by atoms with Crippen LogP contribution in [0.2, 0.25) is 0 Å². The molecule has 2 aliphatic rings. The molecule has 1 N–H and O–H groups in total. The highest BCUT2D eigenvalue weighted by Crippen LogP contribution is 2.45. The third kappa shape index (κ3) is 4.95. The Morgan fingerprint density at radius 3 is 2.55 bits per heavy atom. The molecule has 1 saturated heterocycles. The van der Waals surface area contributed by atoms with Gasteiger partial charge in [-0.15, -0.1) is 0 Å². The number of fused-ring (bicyclic) bond motifs is 2. The molecule has 9 heteroatoms. The fourth-order valence-corrected chi connectivity index (χ4v) is 6.70. The quantitative estimate of drug-likeness (QED) is 0.123. The minimum atomic E-state index is -0.913. The topological polar surface area (TPSA) is 98.2 Å². The predicted molar refractivity (Wildman–Crippen MR) is 168 cm³/mol. The molecule has 0 radical (unpaired) electrons. The van der Waals surface area contributed by atoms with Gasteiger partial charge in [0.05, 0.1) is 28.9 Å². The number of aromatic nitrogens is 1. The molecule has 3 heterocycles. The van der Waals surface area contributed by atoms with E-state index in [0.717, 1.165) is 21.6 Å². The number of aliphatic hydroxyl groups excluding tert-OH is 1. The third-order valence-corrected chi connectivity index (χ3v) is 8.87. The van der Waals surface area contributed by atoms with Crippen LogP contribution in [0.15, 0.2) is 96.6 Å². The lowest BCUT2D eigenvalue weighted by atomic mass is 9.94. The second-order valence-corrected chi connectivity index (χ2v) is 11.8. The first-order chi connectivity index (χ1) is 21.4. The Kier molecular flexibility index (Phi) is 7.02. The van der Waals surface area contributed by atoms with Crippen molar-refractivity contribution in [1.82, 2.24) is 4.98 Å². The molecule has 0 saturated carbocycles. The van der Waals surface area contributed by atoms with Gasteiger partial charge in [-0.3, -0.25) is 14.5 Å². The second kappa shape index (κ2) is 11.2. The van der Waals surface area contributed by atoms with Crippen LogP contribution < -0.4 is 19.1 Å². The Morgan fingerprint density at radius 1 is 1.00 bits per heavy atom. The summed E-state index contributed by atoms with van der Waals surface area (Å²) in [6, 6.07) is 26.9. The van der Waals surface area contributed by atoms with Crippen molar-refractivity contribution in [3.8, 4) is 17.2 Å². The zero-order valence-corrected chi connectivity index (χ0v) is 24.8. The number of methoxy groups -OCH3 is 1. The molecule has 0 bridgehead atoms. The first-order valence-electron chi connectivity index (χ1n) is 14.2. The van der Waals surface area contributed by atoms with Crippen molar-refractivity contribution < 1.29 is 28.9 Å². The van der Waals surface area contributed by atoms with Gasteiger partial charge in [0.1, 0.15) is 35.7 Å². The van der Waals surface area contributed by atoms with Gasteiger partial charge in [-0.2, -0.15) is 0 Å². The van der Waals surface area contributed by atoms with E-state index in [1.807, 2.05) is 67.6 Å². The van der Waals surface area contributed by atoms with Gasteiger partial charge in [0.25, 0.3) is 5.78 Å². The number of aliphatic hydroxyl groups is 1. The van der Waals surface area contributed by atoms with Crippen LogP contribution in [0.4, 0.5) is 5.13 Å². The summed E-state index contributed by atoms with van der Waals surface area (Å²) in [5, 5.41) is 12.0. The number of carbonyl (C=O) groups excluding carboxylic acids is 2. The van der Waals surface area contributed by atoms with Crippen molar-refractivity contribution in [3.05, 3.63) is 119 Å². The molecule has 1 amide bonds. The molecular weight excluding hydrogens is 576 g/mol. The molecule has 5 aromatic rings. The molecule has 1 fully saturated rings. The van der Waals surface area contributed by atoms with Gasteiger partial charge in [-0.1, -0.05) is 53.8 Å². The highest BCUT2D eigenvalue weighted by atomic mass is 32.1. The monoisotopic (exact) mass is 604 g/mol. The Morgan fingerprint density at radius 2 is 1.77 bits per heavy atom. The van der Waals surface area contributed by atoms with E-state index < -0.39 is 17.7 Å². The maximum atomic E-state index is 13.7. The van der Waals surface area contributed by atoms with E-state index in [-0.39, 0.29) is 17.4 Å². The van der Waals surface area contributed by atoms with Gasteiger partial charge in [0.2, 0.25) is 0 Å². The highest BCUT2D eigenvalue weighted by molar-refractivity contribution is 7.22. The number of benzene rings is 4. The minimum Gasteiger partial charge on any atom is -0.507 e. The Balaban J connectivity index is 1.31. The maximum absolute atomic E-state index is 13.7. The number of rotatable bonds is 7. The van der Waals surface area contributed by atoms with Crippen molar-refractivity contribution in [3.63, 3.8) is 0 Å². The SMILES string of the molecule is COc1ccc2nc(N3C(=O)C(=O)/C(=C(/O)c4ccc5c(c4)C[C@H](C)O5)[C@H]3c3ccc(OCc4ccccc4)cc3)sc2c1. The van der Waals surface area contributed by atoms with Crippen molar-refractivity contribution in [2.75, 3.05) is 12.0 Å². The molecule has 220 valence electrons. The minimum absolute atomic E-state index is 0.00305. The summed E-state index contributed by atoms with van der Waals surface area (Å²) in [7, 11) is 1.58. The third-order valence-electron chi connectivity index (χ3n) is 7.85. The molecule has 2 atom stereocenters. The molecule has 7 rings (SSSR count). The lowest BCUT2D eigenvalue weighted by molar-refractivity contribution is -0.132. The number of ketones is 1. The molecule has 44 heavy (non-hydrogen) atoms. The van der Waals surface area contributed by atoms with Crippen LogP contribution in [0.1, 0.15) is 35.2 Å². The number of nitrogens with zero attached hydrogens (tertiary/aromatic N) is 2. The van der Waals surface area contributed by atoms with E-state index in [0.29, 0.717) is 46.3 Å². The van der Waals surface area contributed by atoms with E-state index in [9.17, 15) is 14.7 Å². The first-order valence-corrected chi connectivity index (χ1v) is 15.0. The number of thiazole rings is 1. The molecule has 4 aromatic carbocycles. The van der Waals surface area contributed by atoms with Crippen LogP contribution in [0.3, 0.4) is 0 Å². The van der Waals surface area contributed by atoms with E-state index in [1.165, 1.54) is 16.2 Å². The van der Waals surface area contributed by atoms with Crippen molar-refractivity contribution in [2.24, 2.45) is 0 Å². The van der Waals surface area contributed by atoms with Crippen molar-refractivity contribution in [1.29, 1.82) is 0 Å². The Bertz CT molecular complexity index is 1930. The molecule has 8 nitrogen and oxygen atoms in total. The summed E-state index contributed by atoms with van der Waals surface area (Å²) in [6.45, 7) is 2.38. The molecular formula is C35H28N2O6S. The van der Waals surface area contributed by atoms with E-state index in [4.69, 9.17) is 19.2 Å². The normalized spacial score (nSPS) is 18.8. The second-order valence-electron chi connectivity index (χ2n) is 10.8. The number of ether oxygens (including phenoxy) is 3. The van der Waals surface area contributed by atoms with Crippen LogP contribution in [-0.2, 0) is 22.6 Å². The average Bonchev–Trinajstić information content (AvgIpc) is 3.72. The van der Waals surface area contributed by atoms with E-state index in [1.54, 1.807) is 37.4 Å². The van der Waals surface area contributed by atoms with Crippen LogP contribution in [0, 0.1) is 0 Å². The van der Waals surface area contributed by atoms with Crippen LogP contribution in [0.25, 0.3) is 16.0 Å². The number of hydrogen-bond acceptors (Lipinski definition) is 8. The molecule has 0 unspecified atom stereocenters. The zero-order chi connectivity index (χ0) is 30.4. The summed E-state index contributed by atoms with van der Waals surface area (Å²) >= 11 is 1.28. The smallest absolute Gasteiger partial charge is 0.301 e. The van der Waals surface area contributed by atoms with Gasteiger partial charge in [0.15, 0.2) is 5.13 Å². The lowest BCUT2D eigenvalue weighted by Gasteiger charge is -2.23. The fraction of sp³-hybridized carbons (Fsp3) is 0.171. The average molecular weight is 605 g/mol. The van der Waals surface area contributed by atoms with Gasteiger partial charge in [-0.05, 0) is 72.1 Å². The number of hydrogen-bond donors (Lipinski definition) is 1. The van der Waals surface area contributed by atoms with Gasteiger partial charge < -0.3 is 19.3 Å². The lowest BCUT2D eigenvalue weighted by Crippen LogP contribution is -2.29. The summed E-state index contributed by atoms with van der Waals surface area (Å²) in [4.78, 5) is 33.5. The molecule has 0 aliphatic carbocycles. The molecule has 1 aromatic heterocycles. The first kappa shape index (κ1) is 27.7. The van der Waals surface area contributed by atoms with Gasteiger partial charge in [0, 0.05) is 12.0 Å². The summed E-state index contributed by atoms with van der Waals surface area (Å²) in [5.74, 6) is 0.262. The van der Waals surface area contributed by atoms with Crippen LogP contribution in [0.5, 0.6) is 17.2 Å². The molecule has 2 aliphatic heterocycles. The fourth-order valence-electron chi connectivity index (χ4n) is 5.68. The number of Topliss-reactive ketones (excluding diaryl/α,β-unsaturated/α-hetero) is 1. The van der Waals surface area contributed by atoms with Gasteiger partial charge >= 0.3 is 5.91 Å². The standard InChI is InChI=1S/C35H28N2O6S/c1-20-16-24-17-23(10-15-28(24)43-20)32(38)30-31(22-8-11-25(12-9-22)42-19-21-6-4-3-5-7-21)37(34(40)33(30)39)35-36-27-14-13-26(41-2)18-29(27)44-35/h3-15,17-18,20,31,38H,16,19H2,1-2H3/b32-30+/t20-,31+/m0/s1. The maximum Gasteiger partial charge on any atom is 0.301 e. The number of anilines is 1. The summed E-state index contributed by atoms with van der Waals surface area (Å²) in [5.41, 5.74) is 3.72. The summed E-state index contributed by atoms with van der Waals surface area (Å²) < 4.78 is 18.0. The predicted octanol–water partition coefficient (Wildman–Crippen LogP) is 6.83. The van der Waals surface area contributed by atoms with Crippen molar-refractivity contribution in [2.45, 2.75) is 32.1 Å². The number of carbonyl (C=O) groups is 2. The van der Waals surface area contributed by atoms with Crippen molar-refractivity contribution >= 4 is 44.1 Å². The Labute approximate surface area is 257 Å². The zero-order valence-electron chi connectivity index (χ0n) is 24.0. The van der Waals surface area contributed by atoms with Gasteiger partial charge in [-0.25, -0.2) is 4.98 Å². The van der Waals surface area contributed by atoms with Crippen LogP contribution >= 0.6 is 11.3 Å². The van der Waals surface area contributed by atoms with Crippen LogP contribution in [-0.4, -0.2) is 35.0 Å². The molecule has 0 spiro atoms. The Hall–Kier alpha value is -5.15. The highest BCUT2D eigenvalue weighted by Gasteiger charge is 2.48. The number of amides is 1. The van der Waals surface area contributed by atoms with E-state index in [2.05, 4.69) is 0 Å². The van der Waals surface area contributed by atoms with E-state index >= 15 is 0 Å². The largest absolute Gasteiger partial charge is 0.507 e. The summed E-state index contributed by atoms with van der Waals surface area (Å²) in [6.07, 6.45) is 0.710.